The van der Waals surface area contributed by atoms with Crippen molar-refractivity contribution in [3.8, 4) is 5.69 Å². The number of hydrogen-bond donors (Lipinski definition) is 3. The summed E-state index contributed by atoms with van der Waals surface area (Å²) in [5.41, 5.74) is 10.3. The molecule has 4 N–H and O–H groups in total. The van der Waals surface area contributed by atoms with Crippen molar-refractivity contribution in [3.63, 3.8) is 0 Å². The molecule has 1 aliphatic carbocycles. The van der Waals surface area contributed by atoms with E-state index in [0.717, 1.165) is 36.2 Å². The number of carbonyl (C=O) groups excluding carboxylic acids is 1. The summed E-state index contributed by atoms with van der Waals surface area (Å²) in [7, 11) is 0. The molecule has 154 valence electrons. The zero-order valence-corrected chi connectivity index (χ0v) is 17.2. The first-order valence-electron chi connectivity index (χ1n) is 9.83. The molecule has 0 saturated heterocycles. The number of nitrogen functional groups attached to an aromatic ring is 1. The molecule has 2 aromatic heterocycles. The Balaban J connectivity index is 1.49. The average Bonchev–Trinajstić information content (AvgIpc) is 3.39. The Kier molecular flexibility index (Phi) is 4.74. The van der Waals surface area contributed by atoms with Gasteiger partial charge in [-0.2, -0.15) is 0 Å². The van der Waals surface area contributed by atoms with E-state index >= 15 is 0 Å². The van der Waals surface area contributed by atoms with Gasteiger partial charge in [-0.05, 0) is 37.1 Å². The lowest BCUT2D eigenvalue weighted by Crippen LogP contribution is -2.19. The summed E-state index contributed by atoms with van der Waals surface area (Å²) in [4.78, 5) is 15.9. The number of fused-ring (bicyclic) bond motifs is 1. The number of aromatic nitrogens is 2. The van der Waals surface area contributed by atoms with Crippen molar-refractivity contribution in [3.05, 3.63) is 58.8 Å². The van der Waals surface area contributed by atoms with Gasteiger partial charge in [-0.15, -0.1) is 0 Å². The van der Waals surface area contributed by atoms with E-state index in [0.29, 0.717) is 28.8 Å². The summed E-state index contributed by atoms with van der Waals surface area (Å²) < 4.78 is 7.20. The summed E-state index contributed by atoms with van der Waals surface area (Å²) in [6.07, 6.45) is 2.87. The van der Waals surface area contributed by atoms with Crippen molar-refractivity contribution in [2.45, 2.75) is 45.4 Å². The maximum atomic E-state index is 12.3. The van der Waals surface area contributed by atoms with Gasteiger partial charge in [0, 0.05) is 29.2 Å². The van der Waals surface area contributed by atoms with Gasteiger partial charge in [-0.1, -0.05) is 32.5 Å². The average molecular weight is 404 g/mol. The molecule has 1 aliphatic rings. The maximum Gasteiger partial charge on any atom is 0.324 e. The van der Waals surface area contributed by atoms with E-state index in [4.69, 9.17) is 16.8 Å². The molecule has 8 heteroatoms. The Labute approximate surface area is 174 Å². The van der Waals surface area contributed by atoms with Crippen LogP contribution >= 0.6 is 0 Å². The van der Waals surface area contributed by atoms with Crippen LogP contribution in [-0.4, -0.2) is 15.8 Å². The standard InChI is InChI=1S/C22H24N6O2/c1-22(2,3)17-12-18(27-30-17)26-21(29)25-13-8-10-14(11-9-13)28-16-7-5-6-15(16)19(23)20(28)24-4/h8-12H,5-7,23H2,1-3H3,(H2,25,26,27,29). The molecule has 0 atom stereocenters. The lowest BCUT2D eigenvalue weighted by atomic mass is 9.93. The Morgan fingerprint density at radius 1 is 1.23 bits per heavy atom. The van der Waals surface area contributed by atoms with Gasteiger partial charge < -0.3 is 20.4 Å². The molecule has 1 aromatic carbocycles. The number of benzene rings is 1. The van der Waals surface area contributed by atoms with Crippen molar-refractivity contribution in [2.75, 3.05) is 16.4 Å². The molecular weight excluding hydrogens is 380 g/mol. The number of anilines is 3. The summed E-state index contributed by atoms with van der Waals surface area (Å²) in [6, 6.07) is 8.63. The molecule has 2 heterocycles. The van der Waals surface area contributed by atoms with Gasteiger partial charge in [0.1, 0.15) is 11.4 Å². The van der Waals surface area contributed by atoms with Crippen LogP contribution in [0.4, 0.5) is 27.8 Å². The highest BCUT2D eigenvalue weighted by Crippen LogP contribution is 2.40. The van der Waals surface area contributed by atoms with E-state index in [-0.39, 0.29) is 5.41 Å². The van der Waals surface area contributed by atoms with Crippen molar-refractivity contribution in [2.24, 2.45) is 0 Å². The molecule has 0 fully saturated rings. The number of carbonyl (C=O) groups is 1. The van der Waals surface area contributed by atoms with Gasteiger partial charge in [-0.25, -0.2) is 4.79 Å². The quantitative estimate of drug-likeness (QED) is 0.533. The molecule has 0 radical (unpaired) electrons. The summed E-state index contributed by atoms with van der Waals surface area (Å²) in [5, 5.41) is 9.33. The van der Waals surface area contributed by atoms with E-state index < -0.39 is 6.03 Å². The van der Waals surface area contributed by atoms with Crippen molar-refractivity contribution in [1.29, 1.82) is 0 Å². The number of amides is 2. The molecular formula is C22H24N6O2. The minimum absolute atomic E-state index is 0.189. The van der Waals surface area contributed by atoms with E-state index in [1.165, 1.54) is 0 Å². The molecule has 30 heavy (non-hydrogen) atoms. The molecule has 0 bridgehead atoms. The van der Waals surface area contributed by atoms with Gasteiger partial charge in [0.2, 0.25) is 0 Å². The first kappa shape index (κ1) is 19.6. The van der Waals surface area contributed by atoms with Crippen LogP contribution in [0.5, 0.6) is 0 Å². The molecule has 0 unspecified atom stereocenters. The van der Waals surface area contributed by atoms with E-state index in [2.05, 4.69) is 20.6 Å². The predicted molar refractivity (Wildman–Crippen MR) is 116 cm³/mol. The van der Waals surface area contributed by atoms with E-state index in [1.54, 1.807) is 18.2 Å². The van der Waals surface area contributed by atoms with Gasteiger partial charge in [-0.3, -0.25) is 9.88 Å². The Morgan fingerprint density at radius 2 is 1.97 bits per heavy atom. The third kappa shape index (κ3) is 3.50. The molecule has 2 amide bonds. The second-order valence-electron chi connectivity index (χ2n) is 8.42. The van der Waals surface area contributed by atoms with Crippen LogP contribution in [0, 0.1) is 6.57 Å². The van der Waals surface area contributed by atoms with E-state index in [9.17, 15) is 4.79 Å². The second-order valence-corrected chi connectivity index (χ2v) is 8.42. The van der Waals surface area contributed by atoms with Crippen LogP contribution in [0.3, 0.4) is 0 Å². The zero-order valence-electron chi connectivity index (χ0n) is 17.2. The second kappa shape index (κ2) is 7.26. The first-order chi connectivity index (χ1) is 14.3. The Morgan fingerprint density at radius 3 is 2.60 bits per heavy atom. The molecule has 4 rings (SSSR count). The minimum Gasteiger partial charge on any atom is -0.406 e. The van der Waals surface area contributed by atoms with Gasteiger partial charge in [0.25, 0.3) is 5.82 Å². The number of rotatable bonds is 3. The normalized spacial score (nSPS) is 13.0. The zero-order chi connectivity index (χ0) is 21.5. The van der Waals surface area contributed by atoms with Crippen molar-refractivity contribution >= 4 is 29.0 Å². The number of nitrogens with two attached hydrogens (primary N) is 1. The summed E-state index contributed by atoms with van der Waals surface area (Å²) in [5.74, 6) is 1.50. The third-order valence-electron chi connectivity index (χ3n) is 5.22. The largest absolute Gasteiger partial charge is 0.406 e. The van der Waals surface area contributed by atoms with Crippen molar-refractivity contribution in [1.82, 2.24) is 9.72 Å². The SMILES string of the molecule is [C-]#[N+]c1c(N)c2c(n1-c1ccc(NC(=O)Nc3cc(C(C)(C)C)on3)cc1)CCC2. The van der Waals surface area contributed by atoms with Crippen LogP contribution in [0.15, 0.2) is 34.9 Å². The van der Waals surface area contributed by atoms with Gasteiger partial charge in [0.05, 0.1) is 11.4 Å². The van der Waals surface area contributed by atoms with Crippen molar-refractivity contribution < 1.29 is 9.32 Å². The number of hydrogen-bond acceptors (Lipinski definition) is 4. The molecule has 3 aromatic rings. The number of nitrogens with zero attached hydrogens (tertiary/aromatic N) is 3. The monoisotopic (exact) mass is 404 g/mol. The fourth-order valence-electron chi connectivity index (χ4n) is 3.70. The van der Waals surface area contributed by atoms with Crippen LogP contribution in [-0.2, 0) is 18.3 Å². The van der Waals surface area contributed by atoms with Gasteiger partial charge in [0.15, 0.2) is 5.82 Å². The first-order valence-corrected chi connectivity index (χ1v) is 9.83. The fraction of sp³-hybridized carbons (Fsp3) is 0.318. The summed E-state index contributed by atoms with van der Waals surface area (Å²) in [6.45, 7) is 13.5. The maximum absolute atomic E-state index is 12.3. The van der Waals surface area contributed by atoms with Gasteiger partial charge >= 0.3 is 6.03 Å². The van der Waals surface area contributed by atoms with Crippen LogP contribution in [0.25, 0.3) is 10.5 Å². The number of nitrogens with one attached hydrogen (secondary N) is 2. The Hall–Kier alpha value is -3.73. The highest BCUT2D eigenvalue weighted by Gasteiger charge is 2.27. The molecule has 0 spiro atoms. The summed E-state index contributed by atoms with van der Waals surface area (Å²) >= 11 is 0. The third-order valence-corrected chi connectivity index (χ3v) is 5.22. The molecule has 0 aliphatic heterocycles. The Bertz CT molecular complexity index is 1140. The highest BCUT2D eigenvalue weighted by atomic mass is 16.5. The smallest absolute Gasteiger partial charge is 0.324 e. The van der Waals surface area contributed by atoms with Crippen LogP contribution in [0.2, 0.25) is 0 Å². The minimum atomic E-state index is -0.413. The number of urea groups is 1. The lowest BCUT2D eigenvalue weighted by Gasteiger charge is -2.12. The highest BCUT2D eigenvalue weighted by molar-refractivity contribution is 5.99. The molecule has 0 saturated carbocycles. The van der Waals surface area contributed by atoms with E-state index in [1.807, 2.05) is 37.5 Å². The topological polar surface area (TPSA) is 102 Å². The fourth-order valence-corrected chi connectivity index (χ4v) is 3.70. The predicted octanol–water partition coefficient (Wildman–Crippen LogP) is 5.03. The lowest BCUT2D eigenvalue weighted by molar-refractivity contribution is 0.262. The van der Waals surface area contributed by atoms with Crippen LogP contribution in [0.1, 0.15) is 44.2 Å². The molecule has 8 nitrogen and oxygen atoms in total. The van der Waals surface area contributed by atoms with Crippen LogP contribution < -0.4 is 16.4 Å².